The maximum absolute atomic E-state index is 6.64. The number of furan rings is 2. The maximum Gasteiger partial charge on any atom is 0.136 e. The van der Waals surface area contributed by atoms with E-state index in [4.69, 9.17) is 8.83 Å². The van der Waals surface area contributed by atoms with Gasteiger partial charge in [0.05, 0.1) is 0 Å². The highest BCUT2D eigenvalue weighted by atomic mass is 16.3. The Balaban J connectivity index is 1.25. The Bertz CT molecular complexity index is 3670. The van der Waals surface area contributed by atoms with Gasteiger partial charge in [-0.1, -0.05) is 176 Å². The van der Waals surface area contributed by atoms with E-state index in [9.17, 15) is 0 Å². The van der Waals surface area contributed by atoms with E-state index in [1.54, 1.807) is 0 Å². The third-order valence-electron chi connectivity index (χ3n) is 12.6. The molecule has 2 heteroatoms. The molecule has 0 radical (unpaired) electrons. The van der Waals surface area contributed by atoms with E-state index in [0.29, 0.717) is 0 Å². The van der Waals surface area contributed by atoms with E-state index < -0.39 is 0 Å². The fourth-order valence-corrected chi connectivity index (χ4v) is 10.1. The molecule has 0 N–H and O–H groups in total. The van der Waals surface area contributed by atoms with Crippen molar-refractivity contribution in [3.8, 4) is 44.5 Å². The Kier molecular flexibility index (Phi) is 7.05. The zero-order valence-corrected chi connectivity index (χ0v) is 32.4. The summed E-state index contributed by atoms with van der Waals surface area (Å²) in [6.07, 6.45) is 0. The molecule has 0 aliphatic heterocycles. The van der Waals surface area contributed by atoms with E-state index in [-0.39, 0.29) is 0 Å². The van der Waals surface area contributed by atoms with Gasteiger partial charge in [-0.2, -0.15) is 0 Å². The van der Waals surface area contributed by atoms with Crippen LogP contribution in [0, 0.1) is 0 Å². The summed E-state index contributed by atoms with van der Waals surface area (Å²) in [6.45, 7) is 0. The van der Waals surface area contributed by atoms with Gasteiger partial charge in [-0.15, -0.1) is 0 Å². The number of hydrogen-bond acceptors (Lipinski definition) is 2. The molecule has 2 aromatic heterocycles. The molecule has 60 heavy (non-hydrogen) atoms. The van der Waals surface area contributed by atoms with E-state index in [1.165, 1.54) is 76.8 Å². The van der Waals surface area contributed by atoms with Crippen LogP contribution in [0.2, 0.25) is 0 Å². The first-order valence-corrected chi connectivity index (χ1v) is 20.6. The van der Waals surface area contributed by atoms with Gasteiger partial charge < -0.3 is 8.83 Å². The highest BCUT2D eigenvalue weighted by Gasteiger charge is 2.24. The lowest BCUT2D eigenvalue weighted by Crippen LogP contribution is -1.93. The third-order valence-corrected chi connectivity index (χ3v) is 12.6. The van der Waals surface area contributed by atoms with Gasteiger partial charge in [-0.3, -0.25) is 0 Å². The molecule has 0 fully saturated rings. The van der Waals surface area contributed by atoms with Crippen molar-refractivity contribution in [2.75, 3.05) is 0 Å². The summed E-state index contributed by atoms with van der Waals surface area (Å²) in [7, 11) is 0. The fourth-order valence-electron chi connectivity index (χ4n) is 10.1. The molecule has 0 aliphatic rings. The quantitative estimate of drug-likeness (QED) is 0.167. The van der Waals surface area contributed by atoms with Crippen molar-refractivity contribution in [2.45, 2.75) is 0 Å². The zero-order chi connectivity index (χ0) is 39.3. The molecule has 0 atom stereocenters. The summed E-state index contributed by atoms with van der Waals surface area (Å²) in [4.78, 5) is 0. The molecule has 11 aromatic carbocycles. The molecule has 0 spiro atoms. The minimum Gasteiger partial charge on any atom is -0.456 e. The average molecular weight is 763 g/mol. The Morgan fingerprint density at radius 2 is 0.650 bits per heavy atom. The van der Waals surface area contributed by atoms with Crippen LogP contribution < -0.4 is 0 Å². The van der Waals surface area contributed by atoms with Gasteiger partial charge in [-0.05, 0) is 107 Å². The van der Waals surface area contributed by atoms with Gasteiger partial charge in [-0.25, -0.2) is 0 Å². The normalized spacial score (nSPS) is 12.0. The first-order chi connectivity index (χ1) is 29.8. The lowest BCUT2D eigenvalue weighted by Gasteiger charge is -2.20. The van der Waals surface area contributed by atoms with E-state index in [2.05, 4.69) is 206 Å². The highest BCUT2D eigenvalue weighted by molar-refractivity contribution is 6.29. The van der Waals surface area contributed by atoms with Crippen molar-refractivity contribution in [1.82, 2.24) is 0 Å². The van der Waals surface area contributed by atoms with E-state index in [1.807, 2.05) is 0 Å². The van der Waals surface area contributed by atoms with Crippen molar-refractivity contribution in [1.29, 1.82) is 0 Å². The van der Waals surface area contributed by atoms with Crippen LogP contribution in [-0.2, 0) is 0 Å². The molecule has 0 unspecified atom stereocenters. The smallest absolute Gasteiger partial charge is 0.136 e. The molecule has 13 aromatic rings. The Morgan fingerprint density at radius 1 is 0.233 bits per heavy atom. The Morgan fingerprint density at radius 3 is 1.20 bits per heavy atom. The predicted molar refractivity (Wildman–Crippen MR) is 253 cm³/mol. The fraction of sp³-hybridized carbons (Fsp3) is 0. The molecule has 278 valence electrons. The second-order valence-corrected chi connectivity index (χ2v) is 15.9. The van der Waals surface area contributed by atoms with Gasteiger partial charge in [0.1, 0.15) is 22.3 Å². The third kappa shape index (κ3) is 4.76. The summed E-state index contributed by atoms with van der Waals surface area (Å²) in [5.74, 6) is 0. The topological polar surface area (TPSA) is 26.3 Å². The van der Waals surface area contributed by atoms with Gasteiger partial charge in [0.25, 0.3) is 0 Å². The summed E-state index contributed by atoms with van der Waals surface area (Å²) in [5.41, 5.74) is 13.1. The van der Waals surface area contributed by atoms with Crippen LogP contribution in [0.1, 0.15) is 0 Å². The van der Waals surface area contributed by atoms with Crippen LogP contribution in [0.3, 0.4) is 0 Å². The molecule has 13 rings (SSSR count). The highest BCUT2D eigenvalue weighted by Crippen LogP contribution is 2.51. The second-order valence-electron chi connectivity index (χ2n) is 15.9. The average Bonchev–Trinajstić information content (AvgIpc) is 3.87. The molecule has 0 amide bonds. The number of fused-ring (bicyclic) bond motifs is 10. The number of rotatable bonds is 4. The van der Waals surface area contributed by atoms with E-state index >= 15 is 0 Å². The lowest BCUT2D eigenvalue weighted by atomic mass is 9.82. The van der Waals surface area contributed by atoms with Gasteiger partial charge in [0, 0.05) is 32.7 Å². The van der Waals surface area contributed by atoms with Gasteiger partial charge >= 0.3 is 0 Å². The molecule has 2 nitrogen and oxygen atoms in total. The van der Waals surface area contributed by atoms with Crippen molar-refractivity contribution < 1.29 is 8.83 Å². The number of benzene rings is 11. The summed E-state index contributed by atoms with van der Waals surface area (Å²) in [5, 5.41) is 14.0. The van der Waals surface area contributed by atoms with Crippen molar-refractivity contribution >= 4 is 87.0 Å². The zero-order valence-electron chi connectivity index (χ0n) is 32.4. The van der Waals surface area contributed by atoms with Gasteiger partial charge in [0.15, 0.2) is 0 Å². The summed E-state index contributed by atoms with van der Waals surface area (Å²) in [6, 6.07) is 74.7. The van der Waals surface area contributed by atoms with Crippen LogP contribution in [0.15, 0.2) is 215 Å². The molecule has 0 saturated heterocycles. The van der Waals surface area contributed by atoms with Gasteiger partial charge in [0.2, 0.25) is 0 Å². The Hall–Kier alpha value is -7.94. The largest absolute Gasteiger partial charge is 0.456 e. The first-order valence-electron chi connectivity index (χ1n) is 20.6. The van der Waals surface area contributed by atoms with Crippen molar-refractivity contribution in [3.05, 3.63) is 206 Å². The second kappa shape index (κ2) is 12.8. The Labute approximate surface area is 345 Å². The molecule has 2 heterocycles. The van der Waals surface area contributed by atoms with Crippen molar-refractivity contribution in [3.63, 3.8) is 0 Å². The summed E-state index contributed by atoms with van der Waals surface area (Å²) >= 11 is 0. The maximum atomic E-state index is 6.64. The minimum absolute atomic E-state index is 0.891. The molecule has 0 saturated carbocycles. The molecule has 0 bridgehead atoms. The molecule has 0 aliphatic carbocycles. The van der Waals surface area contributed by atoms with E-state index in [0.717, 1.165) is 54.6 Å². The van der Waals surface area contributed by atoms with Crippen LogP contribution in [0.5, 0.6) is 0 Å². The predicted octanol–water partition coefficient (Wildman–Crippen LogP) is 16.8. The summed E-state index contributed by atoms with van der Waals surface area (Å²) < 4.78 is 13.3. The minimum atomic E-state index is 0.891. The van der Waals surface area contributed by atoms with Crippen LogP contribution >= 0.6 is 0 Å². The lowest BCUT2D eigenvalue weighted by molar-refractivity contribution is 0.669. The number of para-hydroxylation sites is 2. The number of hydrogen-bond donors (Lipinski definition) is 0. The first kappa shape index (κ1) is 33.1. The monoisotopic (exact) mass is 762 g/mol. The van der Waals surface area contributed by atoms with Crippen LogP contribution in [0.25, 0.3) is 131 Å². The van der Waals surface area contributed by atoms with Crippen LogP contribution in [0.4, 0.5) is 0 Å². The molecular formula is C58H34O2. The standard InChI is InChI=1S/C58H34O2/c1-2-16-35(17-3-1)38-20-8-9-23-41(38)54-42-26-14-28-44(55-39-21-6-4-18-36(39)32-52-57(55)46-24-10-12-30-50(46)59-52)48(42)34-49-43(54)27-15-29-45(49)56-40-22-7-5-19-37(40)33-53-58(56)47-25-11-13-31-51(47)60-53/h1-34H. The van der Waals surface area contributed by atoms with Crippen LogP contribution in [-0.4, -0.2) is 0 Å². The SMILES string of the molecule is c1ccc(-c2ccccc2-c2c3cccc(-c4c5ccccc5cc5oc6ccccc6c45)c3cc3c(-c4c5ccccc5cc5oc6ccccc6c45)cccc23)cc1. The van der Waals surface area contributed by atoms with Crippen molar-refractivity contribution in [2.24, 2.45) is 0 Å². The molecular weight excluding hydrogens is 729 g/mol.